The molecule has 20 heavy (non-hydrogen) atoms. The van der Waals surface area contributed by atoms with E-state index in [1.54, 1.807) is 0 Å². The molecule has 0 saturated heterocycles. The van der Waals surface area contributed by atoms with Gasteiger partial charge in [0.15, 0.2) is 0 Å². The molecule has 0 aliphatic carbocycles. The normalized spacial score (nSPS) is 13.2. The summed E-state index contributed by atoms with van der Waals surface area (Å²) in [6.45, 7) is 0.885. The highest BCUT2D eigenvalue weighted by molar-refractivity contribution is 5.99. The van der Waals surface area contributed by atoms with Crippen LogP contribution in [0.5, 0.6) is 0 Å². The Labute approximate surface area is 119 Å². The molecular weight excluding hydrogens is 248 g/mol. The number of rotatable bonds is 4. The number of anilines is 1. The molecule has 2 aromatic rings. The summed E-state index contributed by atoms with van der Waals surface area (Å²) in [5, 5.41) is 6.04. The molecule has 0 spiro atoms. The minimum Gasteiger partial charge on any atom is -0.326 e. The third-order valence-electron chi connectivity index (χ3n) is 3.58. The van der Waals surface area contributed by atoms with Crippen LogP contribution < -0.4 is 10.6 Å². The van der Waals surface area contributed by atoms with Gasteiger partial charge in [-0.3, -0.25) is 4.79 Å². The SMILES string of the molecule is CNCc1cccc(Cc2ccc3c(c2)CC(=O)N3)c1. The lowest BCUT2D eigenvalue weighted by molar-refractivity contribution is -0.115. The fraction of sp³-hybridized carbons (Fsp3) is 0.235. The molecule has 0 unspecified atom stereocenters. The van der Waals surface area contributed by atoms with Crippen LogP contribution in [0.2, 0.25) is 0 Å². The first kappa shape index (κ1) is 12.9. The number of carbonyl (C=O) groups excluding carboxylic acids is 1. The van der Waals surface area contributed by atoms with Crippen LogP contribution >= 0.6 is 0 Å². The van der Waals surface area contributed by atoms with Crippen molar-refractivity contribution in [3.8, 4) is 0 Å². The van der Waals surface area contributed by atoms with Crippen molar-refractivity contribution in [3.63, 3.8) is 0 Å². The first-order valence-electron chi connectivity index (χ1n) is 6.88. The largest absolute Gasteiger partial charge is 0.326 e. The van der Waals surface area contributed by atoms with E-state index in [1.807, 2.05) is 13.1 Å². The van der Waals surface area contributed by atoms with Crippen LogP contribution in [0.25, 0.3) is 0 Å². The van der Waals surface area contributed by atoms with Crippen LogP contribution in [0.4, 0.5) is 5.69 Å². The molecule has 3 rings (SSSR count). The van der Waals surface area contributed by atoms with Crippen LogP contribution in [0.15, 0.2) is 42.5 Å². The van der Waals surface area contributed by atoms with Gasteiger partial charge < -0.3 is 10.6 Å². The summed E-state index contributed by atoms with van der Waals surface area (Å²) in [5.74, 6) is 0.0909. The van der Waals surface area contributed by atoms with Gasteiger partial charge in [0.2, 0.25) is 5.91 Å². The van der Waals surface area contributed by atoms with Crippen molar-refractivity contribution in [2.75, 3.05) is 12.4 Å². The lowest BCUT2D eigenvalue weighted by atomic mass is 10.0. The number of nitrogens with one attached hydrogen (secondary N) is 2. The molecule has 3 nitrogen and oxygen atoms in total. The quantitative estimate of drug-likeness (QED) is 0.892. The fourth-order valence-corrected chi connectivity index (χ4v) is 2.68. The van der Waals surface area contributed by atoms with E-state index < -0.39 is 0 Å². The van der Waals surface area contributed by atoms with Crippen molar-refractivity contribution < 1.29 is 4.79 Å². The molecule has 0 fully saturated rings. The molecule has 1 amide bonds. The number of fused-ring (bicyclic) bond motifs is 1. The smallest absolute Gasteiger partial charge is 0.228 e. The highest BCUT2D eigenvalue weighted by atomic mass is 16.1. The highest BCUT2D eigenvalue weighted by Gasteiger charge is 2.17. The van der Waals surface area contributed by atoms with Crippen molar-refractivity contribution in [2.24, 2.45) is 0 Å². The first-order valence-corrected chi connectivity index (χ1v) is 6.88. The van der Waals surface area contributed by atoms with E-state index >= 15 is 0 Å². The van der Waals surface area contributed by atoms with Crippen molar-refractivity contribution in [1.82, 2.24) is 5.32 Å². The maximum absolute atomic E-state index is 11.4. The maximum atomic E-state index is 11.4. The van der Waals surface area contributed by atoms with Crippen LogP contribution in [-0.2, 0) is 24.2 Å². The van der Waals surface area contributed by atoms with Gasteiger partial charge in [-0.1, -0.05) is 36.4 Å². The predicted molar refractivity (Wildman–Crippen MR) is 80.8 cm³/mol. The van der Waals surface area contributed by atoms with Gasteiger partial charge in [0.05, 0.1) is 6.42 Å². The van der Waals surface area contributed by atoms with Gasteiger partial charge in [0, 0.05) is 12.2 Å². The lowest BCUT2D eigenvalue weighted by Crippen LogP contribution is -2.05. The van der Waals surface area contributed by atoms with Crippen molar-refractivity contribution in [2.45, 2.75) is 19.4 Å². The third kappa shape index (κ3) is 2.73. The molecule has 3 heteroatoms. The summed E-state index contributed by atoms with van der Waals surface area (Å²) in [6, 6.07) is 14.8. The summed E-state index contributed by atoms with van der Waals surface area (Å²) in [7, 11) is 1.96. The number of hydrogen-bond donors (Lipinski definition) is 2. The Bertz CT molecular complexity index is 649. The average molecular weight is 266 g/mol. The summed E-state index contributed by atoms with van der Waals surface area (Å²) < 4.78 is 0. The average Bonchev–Trinajstić information content (AvgIpc) is 2.79. The van der Waals surface area contributed by atoms with Gasteiger partial charge >= 0.3 is 0 Å². The standard InChI is InChI=1S/C17H18N2O/c1-18-11-14-4-2-3-12(8-14)7-13-5-6-16-15(9-13)10-17(20)19-16/h2-6,8-9,18H,7,10-11H2,1H3,(H,19,20). The molecule has 1 aliphatic rings. The van der Waals surface area contributed by atoms with Crippen LogP contribution in [-0.4, -0.2) is 13.0 Å². The van der Waals surface area contributed by atoms with E-state index in [9.17, 15) is 4.79 Å². The molecule has 0 aromatic heterocycles. The van der Waals surface area contributed by atoms with Gasteiger partial charge in [-0.25, -0.2) is 0 Å². The summed E-state index contributed by atoms with van der Waals surface area (Å²) in [4.78, 5) is 11.4. The van der Waals surface area contributed by atoms with Gasteiger partial charge in [0.1, 0.15) is 0 Å². The molecular formula is C17H18N2O. The molecule has 1 heterocycles. The first-order chi connectivity index (χ1) is 9.74. The highest BCUT2D eigenvalue weighted by Crippen LogP contribution is 2.25. The van der Waals surface area contributed by atoms with E-state index in [1.165, 1.54) is 16.7 Å². The van der Waals surface area contributed by atoms with Crippen molar-refractivity contribution in [1.29, 1.82) is 0 Å². The molecule has 0 bridgehead atoms. The molecule has 0 saturated carbocycles. The molecule has 1 aliphatic heterocycles. The molecule has 2 aromatic carbocycles. The van der Waals surface area contributed by atoms with Gasteiger partial charge in [-0.2, -0.15) is 0 Å². The summed E-state index contributed by atoms with van der Waals surface area (Å²) in [6.07, 6.45) is 1.40. The van der Waals surface area contributed by atoms with E-state index in [0.29, 0.717) is 6.42 Å². The Hall–Kier alpha value is -2.13. The van der Waals surface area contributed by atoms with Gasteiger partial charge in [0.25, 0.3) is 0 Å². The fourth-order valence-electron chi connectivity index (χ4n) is 2.68. The van der Waals surface area contributed by atoms with E-state index in [4.69, 9.17) is 0 Å². The van der Waals surface area contributed by atoms with E-state index in [-0.39, 0.29) is 5.91 Å². The Morgan fingerprint density at radius 3 is 2.75 bits per heavy atom. The second kappa shape index (κ2) is 5.47. The van der Waals surface area contributed by atoms with E-state index in [2.05, 4.69) is 47.0 Å². The second-order valence-corrected chi connectivity index (χ2v) is 5.24. The van der Waals surface area contributed by atoms with Crippen LogP contribution in [0.3, 0.4) is 0 Å². The second-order valence-electron chi connectivity index (χ2n) is 5.24. The molecule has 102 valence electrons. The summed E-state index contributed by atoms with van der Waals surface area (Å²) >= 11 is 0. The number of benzene rings is 2. The monoisotopic (exact) mass is 266 g/mol. The Morgan fingerprint density at radius 2 is 1.90 bits per heavy atom. The van der Waals surface area contributed by atoms with Crippen LogP contribution in [0.1, 0.15) is 22.3 Å². The Kier molecular flexibility index (Phi) is 3.52. The third-order valence-corrected chi connectivity index (χ3v) is 3.58. The molecule has 0 radical (unpaired) electrons. The number of amides is 1. The van der Waals surface area contributed by atoms with E-state index in [0.717, 1.165) is 24.2 Å². The predicted octanol–water partition coefficient (Wildman–Crippen LogP) is 2.49. The Balaban J connectivity index is 1.80. The maximum Gasteiger partial charge on any atom is 0.228 e. The zero-order valence-corrected chi connectivity index (χ0v) is 11.6. The van der Waals surface area contributed by atoms with Gasteiger partial charge in [-0.05, 0) is 41.8 Å². The van der Waals surface area contributed by atoms with Crippen molar-refractivity contribution >= 4 is 11.6 Å². The minimum atomic E-state index is 0.0909. The number of hydrogen-bond acceptors (Lipinski definition) is 2. The zero-order chi connectivity index (χ0) is 13.9. The summed E-state index contributed by atoms with van der Waals surface area (Å²) in [5.41, 5.74) is 5.92. The Morgan fingerprint density at radius 1 is 1.10 bits per heavy atom. The zero-order valence-electron chi connectivity index (χ0n) is 11.6. The molecule has 2 N–H and O–H groups in total. The lowest BCUT2D eigenvalue weighted by Gasteiger charge is -2.07. The van der Waals surface area contributed by atoms with Gasteiger partial charge in [-0.15, -0.1) is 0 Å². The number of carbonyl (C=O) groups is 1. The minimum absolute atomic E-state index is 0.0909. The van der Waals surface area contributed by atoms with Crippen molar-refractivity contribution in [3.05, 3.63) is 64.7 Å². The topological polar surface area (TPSA) is 41.1 Å². The van der Waals surface area contributed by atoms with Crippen LogP contribution in [0, 0.1) is 0 Å². The molecule has 0 atom stereocenters.